The molecule has 7 heteroatoms. The summed E-state index contributed by atoms with van der Waals surface area (Å²) in [6.45, 7) is 0. The lowest BCUT2D eigenvalue weighted by Gasteiger charge is -1.94. The largest absolute Gasteiger partial charge is 0.262 e. The molecule has 0 radical (unpaired) electrons. The summed E-state index contributed by atoms with van der Waals surface area (Å²) >= 11 is 1.34. The van der Waals surface area contributed by atoms with Crippen LogP contribution in [0, 0.1) is 0 Å². The van der Waals surface area contributed by atoms with Crippen LogP contribution in [0.15, 0.2) is 36.8 Å². The van der Waals surface area contributed by atoms with Gasteiger partial charge in [0.2, 0.25) is 5.82 Å². The van der Waals surface area contributed by atoms with E-state index in [1.54, 1.807) is 18.6 Å². The molecular formula is C9H6N6S. The van der Waals surface area contributed by atoms with Gasteiger partial charge in [-0.1, -0.05) is 0 Å². The summed E-state index contributed by atoms with van der Waals surface area (Å²) in [5, 5.41) is 12.2. The number of hydrogen-bond donors (Lipinski definition) is 0. The van der Waals surface area contributed by atoms with E-state index in [4.69, 9.17) is 0 Å². The quantitative estimate of drug-likeness (QED) is 0.661. The van der Waals surface area contributed by atoms with Crippen LogP contribution in [0.1, 0.15) is 0 Å². The summed E-state index contributed by atoms with van der Waals surface area (Å²) < 4.78 is 3.99. The van der Waals surface area contributed by atoms with Crippen LogP contribution in [-0.4, -0.2) is 29.6 Å². The lowest BCUT2D eigenvalue weighted by Crippen LogP contribution is -1.98. The van der Waals surface area contributed by atoms with Crippen molar-refractivity contribution >= 4 is 11.5 Å². The van der Waals surface area contributed by atoms with Gasteiger partial charge in [-0.3, -0.25) is 4.98 Å². The Morgan fingerprint density at radius 3 is 2.94 bits per heavy atom. The van der Waals surface area contributed by atoms with E-state index in [9.17, 15) is 0 Å². The van der Waals surface area contributed by atoms with E-state index >= 15 is 0 Å². The molecule has 0 bridgehead atoms. The summed E-state index contributed by atoms with van der Waals surface area (Å²) in [6.07, 6.45) is 5.09. The molecule has 3 rings (SSSR count). The number of hydrogen-bond acceptors (Lipinski definition) is 6. The first-order valence-electron chi connectivity index (χ1n) is 4.55. The van der Waals surface area contributed by atoms with E-state index in [1.165, 1.54) is 16.3 Å². The van der Waals surface area contributed by atoms with Gasteiger partial charge in [-0.05, 0) is 34.9 Å². The highest BCUT2D eigenvalue weighted by molar-refractivity contribution is 7.09. The summed E-state index contributed by atoms with van der Waals surface area (Å²) in [5.41, 5.74) is 0.783. The van der Waals surface area contributed by atoms with E-state index in [-0.39, 0.29) is 0 Å². The summed E-state index contributed by atoms with van der Waals surface area (Å²) in [6, 6.07) is 5.55. The average molecular weight is 230 g/mol. The van der Waals surface area contributed by atoms with Crippen molar-refractivity contribution < 1.29 is 0 Å². The predicted molar refractivity (Wildman–Crippen MR) is 58.1 cm³/mol. The van der Waals surface area contributed by atoms with Crippen LogP contribution in [0.3, 0.4) is 0 Å². The lowest BCUT2D eigenvalue weighted by molar-refractivity contribution is 0.717. The first-order chi connectivity index (χ1) is 7.93. The molecule has 78 valence electrons. The summed E-state index contributed by atoms with van der Waals surface area (Å²) in [5.74, 6) is 0.575. The molecule has 6 nitrogen and oxygen atoms in total. The first-order valence-corrected chi connectivity index (χ1v) is 5.32. The van der Waals surface area contributed by atoms with Gasteiger partial charge >= 0.3 is 0 Å². The molecule has 0 atom stereocenters. The van der Waals surface area contributed by atoms with Crippen molar-refractivity contribution in [2.75, 3.05) is 0 Å². The molecule has 0 saturated carbocycles. The van der Waals surface area contributed by atoms with Crippen LogP contribution < -0.4 is 0 Å². The molecule has 0 aromatic carbocycles. The van der Waals surface area contributed by atoms with Crippen molar-refractivity contribution in [1.82, 2.24) is 29.6 Å². The lowest BCUT2D eigenvalue weighted by atomic mass is 10.4. The van der Waals surface area contributed by atoms with Gasteiger partial charge in [-0.15, -0.1) is 15.0 Å². The maximum absolute atomic E-state index is 4.25. The predicted octanol–water partition coefficient (Wildman–Crippen LogP) is 1.18. The van der Waals surface area contributed by atoms with Gasteiger partial charge in [0.1, 0.15) is 5.69 Å². The second-order valence-electron chi connectivity index (χ2n) is 2.99. The van der Waals surface area contributed by atoms with Crippen molar-refractivity contribution in [3.63, 3.8) is 0 Å². The molecule has 0 aliphatic carbocycles. The zero-order valence-electron chi connectivity index (χ0n) is 8.06. The Kier molecular flexibility index (Phi) is 2.15. The van der Waals surface area contributed by atoms with Crippen LogP contribution in [0.2, 0.25) is 0 Å². The SMILES string of the molecule is c1cncc(-n2nnc(-c3ccns3)n2)c1. The Hall–Kier alpha value is -2.15. The minimum absolute atomic E-state index is 0.575. The molecule has 0 aliphatic heterocycles. The number of aromatic nitrogens is 6. The van der Waals surface area contributed by atoms with Crippen LogP contribution >= 0.6 is 11.5 Å². The van der Waals surface area contributed by atoms with Gasteiger partial charge in [-0.25, -0.2) is 4.37 Å². The smallest absolute Gasteiger partial charge is 0.216 e. The van der Waals surface area contributed by atoms with E-state index in [2.05, 4.69) is 24.8 Å². The van der Waals surface area contributed by atoms with Crippen LogP contribution in [0.5, 0.6) is 0 Å². The Balaban J connectivity index is 2.00. The van der Waals surface area contributed by atoms with Crippen LogP contribution in [-0.2, 0) is 0 Å². The maximum atomic E-state index is 4.25. The second-order valence-corrected chi connectivity index (χ2v) is 3.82. The van der Waals surface area contributed by atoms with E-state index in [0.29, 0.717) is 5.82 Å². The fourth-order valence-electron chi connectivity index (χ4n) is 1.23. The van der Waals surface area contributed by atoms with Gasteiger partial charge in [-0.2, -0.15) is 0 Å². The zero-order valence-corrected chi connectivity index (χ0v) is 8.87. The third-order valence-electron chi connectivity index (χ3n) is 1.95. The van der Waals surface area contributed by atoms with Crippen LogP contribution in [0.4, 0.5) is 0 Å². The minimum Gasteiger partial charge on any atom is -0.262 e. The molecule has 0 N–H and O–H groups in total. The molecular weight excluding hydrogens is 224 g/mol. The van der Waals surface area contributed by atoms with Gasteiger partial charge < -0.3 is 0 Å². The summed E-state index contributed by atoms with van der Waals surface area (Å²) in [4.78, 5) is 6.34. The van der Waals surface area contributed by atoms with E-state index in [1.807, 2.05) is 18.2 Å². The van der Waals surface area contributed by atoms with E-state index in [0.717, 1.165) is 10.6 Å². The van der Waals surface area contributed by atoms with E-state index < -0.39 is 0 Å². The molecule has 3 aromatic heterocycles. The molecule has 0 spiro atoms. The van der Waals surface area contributed by atoms with Crippen molar-refractivity contribution in [1.29, 1.82) is 0 Å². The first kappa shape index (κ1) is 9.10. The van der Waals surface area contributed by atoms with Crippen molar-refractivity contribution in [2.24, 2.45) is 0 Å². The standard InChI is InChI=1S/C9H6N6S/c1-2-7(6-10-4-1)15-13-9(12-14-15)8-3-5-11-16-8/h1-6H. The fraction of sp³-hybridized carbons (Fsp3) is 0. The average Bonchev–Trinajstić information content (AvgIpc) is 3.01. The maximum Gasteiger partial charge on any atom is 0.216 e. The Labute approximate surface area is 94.7 Å². The molecule has 16 heavy (non-hydrogen) atoms. The van der Waals surface area contributed by atoms with Crippen molar-refractivity contribution in [2.45, 2.75) is 0 Å². The molecule has 0 aliphatic rings. The normalized spacial score (nSPS) is 10.5. The highest BCUT2D eigenvalue weighted by Crippen LogP contribution is 2.17. The van der Waals surface area contributed by atoms with Gasteiger partial charge in [0, 0.05) is 12.4 Å². The zero-order chi connectivity index (χ0) is 10.8. The molecule has 0 saturated heterocycles. The second kappa shape index (κ2) is 3.78. The number of tetrazole rings is 1. The van der Waals surface area contributed by atoms with Crippen LogP contribution in [0.25, 0.3) is 16.4 Å². The number of nitrogens with zero attached hydrogens (tertiary/aromatic N) is 6. The minimum atomic E-state index is 0.575. The fourth-order valence-corrected chi connectivity index (χ4v) is 1.75. The van der Waals surface area contributed by atoms with Crippen molar-refractivity contribution in [3.8, 4) is 16.4 Å². The van der Waals surface area contributed by atoms with Crippen molar-refractivity contribution in [3.05, 3.63) is 36.8 Å². The number of pyridine rings is 1. The van der Waals surface area contributed by atoms with Gasteiger partial charge in [0.25, 0.3) is 0 Å². The Morgan fingerprint density at radius 1 is 1.19 bits per heavy atom. The molecule has 0 amide bonds. The molecule has 0 unspecified atom stereocenters. The third kappa shape index (κ3) is 1.57. The highest BCUT2D eigenvalue weighted by atomic mass is 32.1. The third-order valence-corrected chi connectivity index (χ3v) is 2.69. The molecule has 3 aromatic rings. The summed E-state index contributed by atoms with van der Waals surface area (Å²) in [7, 11) is 0. The Bertz CT molecular complexity index is 573. The monoisotopic (exact) mass is 230 g/mol. The molecule has 3 heterocycles. The number of rotatable bonds is 2. The Morgan fingerprint density at radius 2 is 2.19 bits per heavy atom. The van der Waals surface area contributed by atoms with Gasteiger partial charge in [0.15, 0.2) is 0 Å². The highest BCUT2D eigenvalue weighted by Gasteiger charge is 2.08. The topological polar surface area (TPSA) is 69.4 Å². The molecule has 0 fully saturated rings. The van der Waals surface area contributed by atoms with Gasteiger partial charge in [0.05, 0.1) is 11.1 Å².